The van der Waals surface area contributed by atoms with Gasteiger partial charge in [-0.3, -0.25) is 4.90 Å². The van der Waals surface area contributed by atoms with Crippen LogP contribution in [0, 0.1) is 0 Å². The first kappa shape index (κ1) is 10.4. The molecule has 1 saturated carbocycles. The Morgan fingerprint density at radius 3 is 2.43 bits per heavy atom. The monoisotopic (exact) mass is 196 g/mol. The number of nitrogens with one attached hydrogen (secondary N) is 1. The van der Waals surface area contributed by atoms with Crippen molar-refractivity contribution in [2.45, 2.75) is 57.5 Å². The molecule has 2 rings (SSSR count). The van der Waals surface area contributed by atoms with E-state index in [1.807, 2.05) is 0 Å². The van der Waals surface area contributed by atoms with Gasteiger partial charge in [0.1, 0.15) is 0 Å². The molecule has 0 bridgehead atoms. The summed E-state index contributed by atoms with van der Waals surface area (Å²) in [7, 11) is 0. The van der Waals surface area contributed by atoms with Crippen LogP contribution in [0.5, 0.6) is 0 Å². The molecule has 82 valence electrons. The van der Waals surface area contributed by atoms with E-state index in [1.165, 1.54) is 58.2 Å². The first-order valence-electron chi connectivity index (χ1n) is 6.33. The minimum atomic E-state index is 0.701. The van der Waals surface area contributed by atoms with Crippen LogP contribution in [0.4, 0.5) is 0 Å². The van der Waals surface area contributed by atoms with Crippen molar-refractivity contribution < 1.29 is 0 Å². The summed E-state index contributed by atoms with van der Waals surface area (Å²) in [6.45, 7) is 6.04. The standard InChI is InChI=1S/C12H24N2/c1-11-10-14(9-8-13-11)12-6-4-2-3-5-7-12/h11-13H,2-10H2,1H3. The summed E-state index contributed by atoms with van der Waals surface area (Å²) in [6.07, 6.45) is 8.77. The molecule has 0 aromatic heterocycles. The van der Waals surface area contributed by atoms with Crippen molar-refractivity contribution in [3.8, 4) is 0 Å². The van der Waals surface area contributed by atoms with Gasteiger partial charge in [-0.15, -0.1) is 0 Å². The van der Waals surface area contributed by atoms with Gasteiger partial charge >= 0.3 is 0 Å². The lowest BCUT2D eigenvalue weighted by Gasteiger charge is -2.37. The minimum Gasteiger partial charge on any atom is -0.312 e. The molecule has 1 unspecified atom stereocenters. The zero-order valence-electron chi connectivity index (χ0n) is 9.47. The summed E-state index contributed by atoms with van der Waals surface area (Å²) in [6, 6.07) is 1.61. The van der Waals surface area contributed by atoms with Gasteiger partial charge in [0, 0.05) is 31.7 Å². The van der Waals surface area contributed by atoms with Crippen molar-refractivity contribution in [3.05, 3.63) is 0 Å². The third kappa shape index (κ3) is 2.71. The summed E-state index contributed by atoms with van der Waals surface area (Å²) in [4.78, 5) is 2.73. The molecule has 0 radical (unpaired) electrons. The second-order valence-corrected chi connectivity index (χ2v) is 5.00. The Morgan fingerprint density at radius 2 is 1.79 bits per heavy atom. The Morgan fingerprint density at radius 1 is 1.07 bits per heavy atom. The van der Waals surface area contributed by atoms with Crippen molar-refractivity contribution >= 4 is 0 Å². The van der Waals surface area contributed by atoms with Crippen molar-refractivity contribution in [1.82, 2.24) is 10.2 Å². The lowest BCUT2D eigenvalue weighted by atomic mass is 10.1. The number of hydrogen-bond acceptors (Lipinski definition) is 2. The summed E-state index contributed by atoms with van der Waals surface area (Å²) in [5, 5.41) is 3.52. The van der Waals surface area contributed by atoms with Crippen LogP contribution in [-0.4, -0.2) is 36.6 Å². The summed E-state index contributed by atoms with van der Waals surface area (Å²) in [5.41, 5.74) is 0. The second kappa shape index (κ2) is 5.13. The van der Waals surface area contributed by atoms with Gasteiger partial charge in [-0.1, -0.05) is 25.7 Å². The fraction of sp³-hybridized carbons (Fsp3) is 1.00. The molecule has 2 fully saturated rings. The van der Waals surface area contributed by atoms with E-state index in [4.69, 9.17) is 0 Å². The smallest absolute Gasteiger partial charge is 0.0167 e. The van der Waals surface area contributed by atoms with Gasteiger partial charge in [-0.25, -0.2) is 0 Å². The number of nitrogens with zero attached hydrogens (tertiary/aromatic N) is 1. The first-order chi connectivity index (χ1) is 6.86. The molecule has 1 aliphatic heterocycles. The molecular formula is C12H24N2. The van der Waals surface area contributed by atoms with Crippen LogP contribution in [0.3, 0.4) is 0 Å². The van der Waals surface area contributed by atoms with Gasteiger partial charge in [0.05, 0.1) is 0 Å². The molecule has 1 saturated heterocycles. The van der Waals surface area contributed by atoms with E-state index < -0.39 is 0 Å². The van der Waals surface area contributed by atoms with Crippen molar-refractivity contribution in [3.63, 3.8) is 0 Å². The Balaban J connectivity index is 1.85. The number of rotatable bonds is 1. The summed E-state index contributed by atoms with van der Waals surface area (Å²) >= 11 is 0. The minimum absolute atomic E-state index is 0.701. The van der Waals surface area contributed by atoms with Crippen LogP contribution in [0.2, 0.25) is 0 Å². The van der Waals surface area contributed by atoms with E-state index in [0.29, 0.717) is 6.04 Å². The van der Waals surface area contributed by atoms with Gasteiger partial charge in [0.15, 0.2) is 0 Å². The average molecular weight is 196 g/mol. The predicted molar refractivity (Wildman–Crippen MR) is 60.5 cm³/mol. The molecule has 0 aromatic carbocycles. The van der Waals surface area contributed by atoms with E-state index in [0.717, 1.165) is 6.04 Å². The van der Waals surface area contributed by atoms with Gasteiger partial charge in [0.2, 0.25) is 0 Å². The highest BCUT2D eigenvalue weighted by Crippen LogP contribution is 2.22. The largest absolute Gasteiger partial charge is 0.312 e. The molecule has 1 aliphatic carbocycles. The third-order valence-electron chi connectivity index (χ3n) is 3.74. The lowest BCUT2D eigenvalue weighted by molar-refractivity contribution is 0.136. The molecule has 2 nitrogen and oxygen atoms in total. The highest BCUT2D eigenvalue weighted by molar-refractivity contribution is 4.81. The van der Waals surface area contributed by atoms with Gasteiger partial charge in [0.25, 0.3) is 0 Å². The van der Waals surface area contributed by atoms with Crippen LogP contribution >= 0.6 is 0 Å². The lowest BCUT2D eigenvalue weighted by Crippen LogP contribution is -2.52. The molecule has 14 heavy (non-hydrogen) atoms. The summed E-state index contributed by atoms with van der Waals surface area (Å²) in [5.74, 6) is 0. The molecule has 0 amide bonds. The second-order valence-electron chi connectivity index (χ2n) is 5.00. The van der Waals surface area contributed by atoms with E-state index in [9.17, 15) is 0 Å². The Labute approximate surface area is 88.1 Å². The highest BCUT2D eigenvalue weighted by Gasteiger charge is 2.23. The van der Waals surface area contributed by atoms with Crippen LogP contribution in [0.15, 0.2) is 0 Å². The van der Waals surface area contributed by atoms with Crippen LogP contribution < -0.4 is 5.32 Å². The van der Waals surface area contributed by atoms with Crippen molar-refractivity contribution in [2.24, 2.45) is 0 Å². The molecule has 0 aromatic rings. The molecular weight excluding hydrogens is 172 g/mol. The maximum atomic E-state index is 3.52. The zero-order valence-corrected chi connectivity index (χ0v) is 9.47. The Bertz CT molecular complexity index is 162. The zero-order chi connectivity index (χ0) is 9.80. The SMILES string of the molecule is CC1CN(C2CCCCCC2)CCN1. The van der Waals surface area contributed by atoms with Crippen LogP contribution in [0.1, 0.15) is 45.4 Å². The molecule has 0 spiro atoms. The molecule has 2 heteroatoms. The van der Waals surface area contributed by atoms with E-state index in [1.54, 1.807) is 0 Å². The normalized spacial score (nSPS) is 32.8. The Hall–Kier alpha value is -0.0800. The fourth-order valence-corrected chi connectivity index (χ4v) is 2.92. The summed E-state index contributed by atoms with van der Waals surface area (Å²) < 4.78 is 0. The highest BCUT2D eigenvalue weighted by atomic mass is 15.2. The quantitative estimate of drug-likeness (QED) is 0.645. The van der Waals surface area contributed by atoms with Crippen molar-refractivity contribution in [1.29, 1.82) is 0 Å². The molecule has 1 heterocycles. The average Bonchev–Trinajstić information content (AvgIpc) is 2.45. The molecule has 2 aliphatic rings. The third-order valence-corrected chi connectivity index (χ3v) is 3.74. The topological polar surface area (TPSA) is 15.3 Å². The van der Waals surface area contributed by atoms with E-state index in [2.05, 4.69) is 17.1 Å². The van der Waals surface area contributed by atoms with Crippen molar-refractivity contribution in [2.75, 3.05) is 19.6 Å². The van der Waals surface area contributed by atoms with Gasteiger partial charge in [-0.2, -0.15) is 0 Å². The molecule has 1 atom stereocenters. The first-order valence-corrected chi connectivity index (χ1v) is 6.33. The number of piperazine rings is 1. The fourth-order valence-electron chi connectivity index (χ4n) is 2.92. The maximum Gasteiger partial charge on any atom is 0.0167 e. The van der Waals surface area contributed by atoms with Gasteiger partial charge in [-0.05, 0) is 19.8 Å². The predicted octanol–water partition coefficient (Wildman–Crippen LogP) is 2.00. The van der Waals surface area contributed by atoms with Gasteiger partial charge < -0.3 is 5.32 Å². The maximum absolute atomic E-state index is 3.52. The van der Waals surface area contributed by atoms with Crippen LogP contribution in [0.25, 0.3) is 0 Å². The number of hydrogen-bond donors (Lipinski definition) is 1. The van der Waals surface area contributed by atoms with E-state index in [-0.39, 0.29) is 0 Å². The molecule has 1 N–H and O–H groups in total. The Kier molecular flexibility index (Phi) is 3.82. The van der Waals surface area contributed by atoms with E-state index >= 15 is 0 Å². The van der Waals surface area contributed by atoms with Crippen LogP contribution in [-0.2, 0) is 0 Å².